The summed E-state index contributed by atoms with van der Waals surface area (Å²) in [5.74, 6) is 0.522. The summed E-state index contributed by atoms with van der Waals surface area (Å²) < 4.78 is 5.34. The van der Waals surface area contributed by atoms with Crippen LogP contribution in [0.4, 0.5) is 11.5 Å². The number of hydrogen-bond donors (Lipinski definition) is 2. The van der Waals surface area contributed by atoms with E-state index in [9.17, 15) is 4.79 Å². The van der Waals surface area contributed by atoms with E-state index in [4.69, 9.17) is 10.5 Å². The van der Waals surface area contributed by atoms with Gasteiger partial charge in [-0.05, 0) is 25.0 Å². The Bertz CT molecular complexity index is 471. The molecule has 6 heteroatoms. The maximum atomic E-state index is 12.5. The zero-order chi connectivity index (χ0) is 16.0. The van der Waals surface area contributed by atoms with Gasteiger partial charge in [0.15, 0.2) is 0 Å². The quantitative estimate of drug-likeness (QED) is 0.835. The van der Waals surface area contributed by atoms with E-state index in [1.165, 1.54) is 0 Å². The van der Waals surface area contributed by atoms with Gasteiger partial charge in [0.1, 0.15) is 5.82 Å². The lowest BCUT2D eigenvalue weighted by Gasteiger charge is -2.29. The first-order valence-electron chi connectivity index (χ1n) is 7.95. The standard InChI is InChI=1S/C16H26N4O2/c1-3-16(4-2,12-17)15(21)19-14-6-5-13(11-18-14)20-7-9-22-10-8-20/h5-6,11H,3-4,7-10,12,17H2,1-2H3,(H,18,19,21). The van der Waals surface area contributed by atoms with Crippen molar-refractivity contribution in [2.75, 3.05) is 43.1 Å². The zero-order valence-electron chi connectivity index (χ0n) is 13.5. The van der Waals surface area contributed by atoms with Gasteiger partial charge in [-0.3, -0.25) is 4.79 Å². The van der Waals surface area contributed by atoms with Crippen LogP contribution in [0.15, 0.2) is 18.3 Å². The molecule has 122 valence electrons. The number of carbonyl (C=O) groups is 1. The van der Waals surface area contributed by atoms with E-state index in [0.29, 0.717) is 12.4 Å². The summed E-state index contributed by atoms with van der Waals surface area (Å²) >= 11 is 0. The molecule has 0 spiro atoms. The van der Waals surface area contributed by atoms with Gasteiger partial charge in [-0.1, -0.05) is 13.8 Å². The molecule has 0 aliphatic carbocycles. The van der Waals surface area contributed by atoms with Gasteiger partial charge < -0.3 is 20.7 Å². The summed E-state index contributed by atoms with van der Waals surface area (Å²) in [5.41, 5.74) is 6.35. The Kier molecular flexibility index (Phi) is 5.74. The predicted molar refractivity (Wildman–Crippen MR) is 88.0 cm³/mol. The lowest BCUT2D eigenvalue weighted by atomic mass is 9.81. The van der Waals surface area contributed by atoms with E-state index < -0.39 is 5.41 Å². The van der Waals surface area contributed by atoms with E-state index in [1.54, 1.807) is 6.20 Å². The van der Waals surface area contributed by atoms with Gasteiger partial charge in [0.2, 0.25) is 5.91 Å². The SMILES string of the molecule is CCC(CC)(CN)C(=O)Nc1ccc(N2CCOCC2)cn1. The molecule has 0 unspecified atom stereocenters. The monoisotopic (exact) mass is 306 g/mol. The summed E-state index contributed by atoms with van der Waals surface area (Å²) in [5, 5.41) is 2.89. The van der Waals surface area contributed by atoms with E-state index >= 15 is 0 Å². The molecular weight excluding hydrogens is 280 g/mol. The maximum Gasteiger partial charge on any atom is 0.233 e. The van der Waals surface area contributed by atoms with Crippen LogP contribution in [0.25, 0.3) is 0 Å². The van der Waals surface area contributed by atoms with E-state index in [0.717, 1.165) is 44.8 Å². The van der Waals surface area contributed by atoms with Crippen molar-refractivity contribution in [3.8, 4) is 0 Å². The number of ether oxygens (including phenoxy) is 1. The third kappa shape index (κ3) is 3.56. The van der Waals surface area contributed by atoms with Crippen molar-refractivity contribution in [1.82, 2.24) is 4.98 Å². The number of nitrogens with one attached hydrogen (secondary N) is 1. The second kappa shape index (κ2) is 7.56. The fourth-order valence-electron chi connectivity index (χ4n) is 2.67. The van der Waals surface area contributed by atoms with Gasteiger partial charge in [0.25, 0.3) is 0 Å². The molecule has 1 aromatic rings. The summed E-state index contributed by atoms with van der Waals surface area (Å²) in [7, 11) is 0. The van der Waals surface area contributed by atoms with Crippen molar-refractivity contribution in [1.29, 1.82) is 0 Å². The van der Waals surface area contributed by atoms with Crippen LogP contribution in [0.5, 0.6) is 0 Å². The fraction of sp³-hybridized carbons (Fsp3) is 0.625. The van der Waals surface area contributed by atoms with Gasteiger partial charge in [-0.25, -0.2) is 4.98 Å². The molecule has 1 aliphatic heterocycles. The Balaban J connectivity index is 2.02. The van der Waals surface area contributed by atoms with Crippen molar-refractivity contribution in [3.63, 3.8) is 0 Å². The van der Waals surface area contributed by atoms with Crippen molar-refractivity contribution >= 4 is 17.4 Å². The largest absolute Gasteiger partial charge is 0.378 e. The van der Waals surface area contributed by atoms with Crippen molar-refractivity contribution < 1.29 is 9.53 Å². The average molecular weight is 306 g/mol. The minimum Gasteiger partial charge on any atom is -0.378 e. The molecule has 2 heterocycles. The smallest absolute Gasteiger partial charge is 0.233 e. The highest BCUT2D eigenvalue weighted by atomic mass is 16.5. The number of nitrogens with zero attached hydrogens (tertiary/aromatic N) is 2. The average Bonchev–Trinajstić information content (AvgIpc) is 2.58. The number of aromatic nitrogens is 1. The number of amides is 1. The fourth-order valence-corrected chi connectivity index (χ4v) is 2.67. The summed E-state index contributed by atoms with van der Waals surface area (Å²) in [6.07, 6.45) is 3.23. The van der Waals surface area contributed by atoms with Crippen LogP contribution in [0.2, 0.25) is 0 Å². The lowest BCUT2D eigenvalue weighted by Crippen LogP contribution is -2.41. The molecule has 6 nitrogen and oxygen atoms in total. The van der Waals surface area contributed by atoms with Gasteiger partial charge in [0, 0.05) is 19.6 Å². The van der Waals surface area contributed by atoms with Crippen LogP contribution < -0.4 is 16.0 Å². The van der Waals surface area contributed by atoms with Crippen LogP contribution in [0.3, 0.4) is 0 Å². The van der Waals surface area contributed by atoms with Crippen LogP contribution >= 0.6 is 0 Å². The Labute approximate surface area is 132 Å². The molecule has 0 saturated carbocycles. The number of carbonyl (C=O) groups excluding carboxylic acids is 1. The van der Waals surface area contributed by atoms with Gasteiger partial charge in [-0.2, -0.15) is 0 Å². The minimum absolute atomic E-state index is 0.0494. The molecular formula is C16H26N4O2. The topological polar surface area (TPSA) is 80.5 Å². The summed E-state index contributed by atoms with van der Waals surface area (Å²) in [6.45, 7) is 7.55. The number of anilines is 2. The molecule has 1 saturated heterocycles. The molecule has 0 radical (unpaired) electrons. The normalized spacial score (nSPS) is 15.7. The van der Waals surface area contributed by atoms with Crippen molar-refractivity contribution in [2.45, 2.75) is 26.7 Å². The van der Waals surface area contributed by atoms with Crippen LogP contribution in [0.1, 0.15) is 26.7 Å². The number of pyridine rings is 1. The third-order valence-electron chi connectivity index (χ3n) is 4.59. The van der Waals surface area contributed by atoms with Crippen LogP contribution in [-0.4, -0.2) is 43.7 Å². The van der Waals surface area contributed by atoms with E-state index in [1.807, 2.05) is 26.0 Å². The molecule has 0 atom stereocenters. The van der Waals surface area contributed by atoms with Crippen molar-refractivity contribution in [2.24, 2.45) is 11.1 Å². The highest BCUT2D eigenvalue weighted by molar-refractivity contribution is 5.94. The number of hydrogen-bond acceptors (Lipinski definition) is 5. The van der Waals surface area contributed by atoms with Crippen molar-refractivity contribution in [3.05, 3.63) is 18.3 Å². The first-order chi connectivity index (χ1) is 10.6. The zero-order valence-corrected chi connectivity index (χ0v) is 13.5. The molecule has 1 fully saturated rings. The number of rotatable bonds is 6. The molecule has 0 bridgehead atoms. The highest BCUT2D eigenvalue weighted by Gasteiger charge is 2.33. The maximum absolute atomic E-state index is 12.5. The Morgan fingerprint density at radius 3 is 2.55 bits per heavy atom. The molecule has 1 amide bonds. The van der Waals surface area contributed by atoms with Gasteiger partial charge in [-0.15, -0.1) is 0 Å². The van der Waals surface area contributed by atoms with E-state index in [-0.39, 0.29) is 5.91 Å². The number of morpholine rings is 1. The predicted octanol–water partition coefficient (Wildman–Crippen LogP) is 1.62. The second-order valence-electron chi connectivity index (χ2n) is 5.65. The molecule has 1 aromatic heterocycles. The van der Waals surface area contributed by atoms with Gasteiger partial charge >= 0.3 is 0 Å². The Morgan fingerprint density at radius 2 is 2.05 bits per heavy atom. The summed E-state index contributed by atoms with van der Waals surface area (Å²) in [4.78, 5) is 19.0. The van der Waals surface area contributed by atoms with Crippen LogP contribution in [-0.2, 0) is 9.53 Å². The van der Waals surface area contributed by atoms with Gasteiger partial charge in [0.05, 0.1) is 30.5 Å². The molecule has 3 N–H and O–H groups in total. The first-order valence-corrected chi connectivity index (χ1v) is 7.95. The molecule has 22 heavy (non-hydrogen) atoms. The minimum atomic E-state index is -0.509. The summed E-state index contributed by atoms with van der Waals surface area (Å²) in [6, 6.07) is 3.82. The first kappa shape index (κ1) is 16.7. The van der Waals surface area contributed by atoms with Crippen LogP contribution in [0, 0.1) is 5.41 Å². The molecule has 1 aliphatic rings. The third-order valence-corrected chi connectivity index (χ3v) is 4.59. The Morgan fingerprint density at radius 1 is 1.36 bits per heavy atom. The number of nitrogens with two attached hydrogens (primary N) is 1. The Hall–Kier alpha value is -1.66. The highest BCUT2D eigenvalue weighted by Crippen LogP contribution is 2.27. The lowest BCUT2D eigenvalue weighted by molar-refractivity contribution is -0.125. The molecule has 0 aromatic carbocycles. The van der Waals surface area contributed by atoms with E-state index in [2.05, 4.69) is 15.2 Å². The second-order valence-corrected chi connectivity index (χ2v) is 5.65. The molecule has 2 rings (SSSR count).